The fourth-order valence-electron chi connectivity index (χ4n) is 18.9. The molecule has 0 radical (unpaired) electrons. The van der Waals surface area contributed by atoms with Crippen molar-refractivity contribution in [1.29, 1.82) is 0 Å². The lowest BCUT2D eigenvalue weighted by Crippen LogP contribution is -2.61. The van der Waals surface area contributed by atoms with Crippen LogP contribution < -0.4 is 26.2 Å². The molecule has 2 aliphatic heterocycles. The molecule has 21 rings (SSSR count). The lowest BCUT2D eigenvalue weighted by atomic mass is 9.33. The van der Waals surface area contributed by atoms with Crippen molar-refractivity contribution in [2.24, 2.45) is 0 Å². The number of aromatic nitrogens is 2. The molecule has 0 bridgehead atoms. The summed E-state index contributed by atoms with van der Waals surface area (Å²) in [4.78, 5) is 4.95. The van der Waals surface area contributed by atoms with Gasteiger partial charge in [-0.3, -0.25) is 0 Å². The van der Waals surface area contributed by atoms with Gasteiger partial charge in [0, 0.05) is 77.9 Å². The second kappa shape index (κ2) is 30.4. The SMILES string of the molecule is [2H]c1c(C(C)(C)C)c([2H])c2c3c([2H])c(C(C)(C)C)cc([2H])c3n(-c3ccc4c(c3)N(c3c(-c5ccccc5)cc(-c5ccccc5)cc3-c3ccccc3)c3cc(-c5ccccc5)cc5c3B4c3ccc(-n4c6c([2H])c([2H])c(C(C)(C)C)c([2H])c6c6c([2H])c(C(C)(C)C)c([2H])c([2H])c64)cc3N5c3c(-c4cccc(-c5ccccc5)c4)cc(C(C)(C)C)cc3-c3cccc(-c4ccccc4)c3)c2c1[2H]. The maximum atomic E-state index is 10.7. The average Bonchev–Trinajstić information content (AvgIpc) is 1.45. The molecule has 127 heavy (non-hydrogen) atoms. The molecule has 2 aliphatic rings. The van der Waals surface area contributed by atoms with Gasteiger partial charge < -0.3 is 18.9 Å². The molecule has 19 aromatic rings. The smallest absolute Gasteiger partial charge is 0.252 e. The number of hydrogen-bond acceptors (Lipinski definition) is 2. The fourth-order valence-corrected chi connectivity index (χ4v) is 18.9. The van der Waals surface area contributed by atoms with Crippen LogP contribution in [0.15, 0.2) is 376 Å². The maximum Gasteiger partial charge on any atom is 0.252 e. The number of anilines is 6. The molecule has 0 saturated heterocycles. The molecule has 0 atom stereocenters. The predicted molar refractivity (Wildman–Crippen MR) is 546 cm³/mol. The minimum Gasteiger partial charge on any atom is -0.310 e. The van der Waals surface area contributed by atoms with E-state index in [-0.39, 0.29) is 93.8 Å². The van der Waals surface area contributed by atoms with Crippen molar-refractivity contribution < 1.29 is 15.1 Å². The standard InChI is InChI=1S/C122H107BN4/c1-118(2,3)90-52-60-107-101(70-90)102-71-91(119(4,5)6)53-61-108(102)124(107)95-56-58-105-111(76-95)126(116-97(82-44-30-20-31-45-82)66-88(80-40-26-18-27-41-80)67-98(116)83-46-32-21-33-47-83)113-68-89(81-42-28-19-29-43-81)69-114-115(113)123(105)106-59-57-96(125-109-62-54-92(120(7,8)9)72-103(109)104-73-93(121(10,11)12)55-63-110(104)125)77-112(106)127(114)117-99(86-50-34-48-84(64-86)78-36-22-16-23-37-78)74-94(122(13,14)15)75-100(117)87-51-35-49-85(65-87)79-38-24-17-25-39-79/h16-77H,1-15H3/i52D,54D,55D,60D,61D,62D,63D,70D,71D,72D,73D. The van der Waals surface area contributed by atoms with E-state index >= 15 is 0 Å². The Hall–Kier alpha value is -14.0. The average molecular weight is 1650 g/mol. The van der Waals surface area contributed by atoms with Crippen molar-refractivity contribution in [2.45, 2.75) is 131 Å². The predicted octanol–water partition coefficient (Wildman–Crippen LogP) is 31.8. The number of rotatable bonds is 12. The molecule has 0 aliphatic carbocycles. The van der Waals surface area contributed by atoms with Crippen LogP contribution in [0.1, 0.15) is 147 Å². The van der Waals surface area contributed by atoms with Crippen LogP contribution in [0.4, 0.5) is 34.1 Å². The Balaban J connectivity index is 0.998. The molecule has 2 aromatic heterocycles. The normalized spacial score (nSPS) is 14.2. The zero-order valence-electron chi connectivity index (χ0n) is 85.8. The van der Waals surface area contributed by atoms with E-state index in [1.807, 2.05) is 123 Å². The number of fused-ring (bicyclic) bond motifs is 10. The van der Waals surface area contributed by atoms with Crippen LogP contribution in [0.25, 0.3) is 144 Å². The molecule has 0 unspecified atom stereocenters. The highest BCUT2D eigenvalue weighted by atomic mass is 15.2. The van der Waals surface area contributed by atoms with Crippen molar-refractivity contribution in [2.75, 3.05) is 9.80 Å². The first kappa shape index (κ1) is 68.4. The summed E-state index contributed by atoms with van der Waals surface area (Å²) >= 11 is 0. The van der Waals surface area contributed by atoms with Gasteiger partial charge >= 0.3 is 0 Å². The van der Waals surface area contributed by atoms with E-state index in [0.717, 1.165) is 134 Å². The van der Waals surface area contributed by atoms with E-state index < -0.39 is 33.8 Å². The second-order valence-electron chi connectivity index (χ2n) is 39.6. The zero-order chi connectivity index (χ0) is 96.9. The molecule has 17 aromatic carbocycles. The van der Waals surface area contributed by atoms with Gasteiger partial charge in [0.1, 0.15) is 0 Å². The third-order valence-corrected chi connectivity index (χ3v) is 25.7. The van der Waals surface area contributed by atoms with Crippen molar-refractivity contribution in [3.63, 3.8) is 0 Å². The summed E-state index contributed by atoms with van der Waals surface area (Å²) in [5.74, 6) is 0. The van der Waals surface area contributed by atoms with Crippen molar-refractivity contribution in [1.82, 2.24) is 9.13 Å². The van der Waals surface area contributed by atoms with Gasteiger partial charge in [0.25, 0.3) is 6.71 Å². The van der Waals surface area contributed by atoms with E-state index in [1.165, 1.54) is 0 Å². The summed E-state index contributed by atoms with van der Waals surface area (Å²) in [6.45, 7) is 29.8. The third kappa shape index (κ3) is 14.1. The Bertz CT molecular complexity index is 8010. The van der Waals surface area contributed by atoms with Crippen LogP contribution in [-0.2, 0) is 27.1 Å². The van der Waals surface area contributed by atoms with Crippen molar-refractivity contribution >= 4 is 101 Å². The molecule has 0 N–H and O–H groups in total. The van der Waals surface area contributed by atoms with Gasteiger partial charge in [-0.1, -0.05) is 359 Å². The monoisotopic (exact) mass is 1650 g/mol. The Morgan fingerprint density at radius 1 is 0.220 bits per heavy atom. The maximum absolute atomic E-state index is 10.7. The van der Waals surface area contributed by atoms with Crippen molar-refractivity contribution in [3.05, 3.63) is 404 Å². The van der Waals surface area contributed by atoms with Crippen molar-refractivity contribution in [3.8, 4) is 100 Å². The summed E-state index contributed by atoms with van der Waals surface area (Å²) in [5, 5.41) is 1.21. The molecular weight excluding hydrogens is 1530 g/mol. The summed E-state index contributed by atoms with van der Waals surface area (Å²) in [6, 6.07) is 109. The van der Waals surface area contributed by atoms with E-state index in [4.69, 9.17) is 0 Å². The minimum atomic E-state index is -0.824. The van der Waals surface area contributed by atoms with E-state index in [9.17, 15) is 15.1 Å². The van der Waals surface area contributed by atoms with Crippen LogP contribution in [0.2, 0.25) is 0 Å². The molecule has 0 amide bonds. The lowest BCUT2D eigenvalue weighted by Gasteiger charge is -2.46. The molecule has 0 fully saturated rings. The summed E-state index contributed by atoms with van der Waals surface area (Å²) in [7, 11) is 0. The van der Waals surface area contributed by atoms with E-state index in [0.29, 0.717) is 61.3 Å². The Morgan fingerprint density at radius 2 is 0.512 bits per heavy atom. The van der Waals surface area contributed by atoms with Gasteiger partial charge in [-0.2, -0.15) is 0 Å². The van der Waals surface area contributed by atoms with Gasteiger partial charge in [-0.05, 0) is 259 Å². The highest BCUT2D eigenvalue weighted by Crippen LogP contribution is 2.57. The van der Waals surface area contributed by atoms with Gasteiger partial charge in [0.15, 0.2) is 0 Å². The lowest BCUT2D eigenvalue weighted by molar-refractivity contribution is 0.590. The first-order chi connectivity index (χ1) is 65.8. The highest BCUT2D eigenvalue weighted by Gasteiger charge is 2.47. The van der Waals surface area contributed by atoms with Crippen LogP contribution in [0.3, 0.4) is 0 Å². The van der Waals surface area contributed by atoms with Gasteiger partial charge in [0.2, 0.25) is 0 Å². The number of nitrogens with zero attached hydrogens (tertiary/aromatic N) is 4. The Morgan fingerprint density at radius 3 is 0.858 bits per heavy atom. The first-order valence-corrected chi connectivity index (χ1v) is 44.4. The van der Waals surface area contributed by atoms with E-state index in [2.05, 4.69) is 304 Å². The van der Waals surface area contributed by atoms with Crippen LogP contribution in [-0.4, -0.2) is 15.8 Å². The van der Waals surface area contributed by atoms with Crippen LogP contribution in [0.5, 0.6) is 0 Å². The van der Waals surface area contributed by atoms with E-state index in [1.54, 1.807) is 6.07 Å². The molecule has 5 heteroatoms. The summed E-state index contributed by atoms with van der Waals surface area (Å²) in [6.07, 6.45) is 0. The summed E-state index contributed by atoms with van der Waals surface area (Å²) < 4.78 is 119. The van der Waals surface area contributed by atoms with Crippen LogP contribution >= 0.6 is 0 Å². The van der Waals surface area contributed by atoms with Gasteiger partial charge in [-0.25, -0.2) is 0 Å². The number of benzene rings is 17. The Labute approximate surface area is 765 Å². The molecule has 0 spiro atoms. The molecule has 4 heterocycles. The molecule has 4 nitrogen and oxygen atoms in total. The van der Waals surface area contributed by atoms with Crippen LogP contribution in [0, 0.1) is 0 Å². The minimum absolute atomic E-state index is 0.0160. The van der Waals surface area contributed by atoms with Gasteiger partial charge in [-0.15, -0.1) is 0 Å². The molecule has 618 valence electrons. The summed E-state index contributed by atoms with van der Waals surface area (Å²) in [5.41, 5.74) is 23.5. The Kier molecular flexibility index (Phi) is 16.4. The molecule has 0 saturated carbocycles. The second-order valence-corrected chi connectivity index (χ2v) is 39.6. The topological polar surface area (TPSA) is 16.3 Å². The first-order valence-electron chi connectivity index (χ1n) is 49.9. The number of hydrogen-bond donors (Lipinski definition) is 0. The third-order valence-electron chi connectivity index (χ3n) is 25.7. The van der Waals surface area contributed by atoms with Gasteiger partial charge in [0.05, 0.1) is 48.5 Å². The zero-order valence-corrected chi connectivity index (χ0v) is 74.8. The highest BCUT2D eigenvalue weighted by molar-refractivity contribution is 7.00. The molecular formula is C122H107BN4. The largest absolute Gasteiger partial charge is 0.310 e. The fraction of sp³-hybridized carbons (Fsp3) is 0.164. The quantitative estimate of drug-likeness (QED) is 0.113.